The molecule has 114 valence electrons. The molecule has 0 aromatic heterocycles. The van der Waals surface area contributed by atoms with Crippen molar-refractivity contribution in [2.45, 2.75) is 51.0 Å². The molecule has 3 heteroatoms. The molecule has 0 radical (unpaired) electrons. The molecule has 0 unspecified atom stereocenters. The molecule has 0 spiro atoms. The molecule has 1 aromatic rings. The molecule has 1 saturated heterocycles. The van der Waals surface area contributed by atoms with Crippen molar-refractivity contribution in [2.75, 3.05) is 13.1 Å². The van der Waals surface area contributed by atoms with Crippen LogP contribution >= 0.6 is 12.2 Å². The van der Waals surface area contributed by atoms with Gasteiger partial charge in [0.1, 0.15) is 0 Å². The zero-order chi connectivity index (χ0) is 14.5. The molecule has 1 saturated carbocycles. The molecular formula is C18H26N2S. The summed E-state index contributed by atoms with van der Waals surface area (Å²) in [4.78, 5) is 2.49. The van der Waals surface area contributed by atoms with Gasteiger partial charge in [0.05, 0.1) is 0 Å². The minimum atomic E-state index is 0.712. The second kappa shape index (κ2) is 7.26. The normalized spacial score (nSPS) is 25.2. The van der Waals surface area contributed by atoms with Crippen molar-refractivity contribution in [1.29, 1.82) is 0 Å². The van der Waals surface area contributed by atoms with Crippen LogP contribution in [0.3, 0.4) is 0 Å². The third-order valence-corrected chi connectivity index (χ3v) is 5.42. The maximum absolute atomic E-state index is 5.67. The number of nitrogens with one attached hydrogen (secondary N) is 1. The lowest BCUT2D eigenvalue weighted by Crippen LogP contribution is -2.53. The van der Waals surface area contributed by atoms with Gasteiger partial charge >= 0.3 is 0 Å². The summed E-state index contributed by atoms with van der Waals surface area (Å²) < 4.78 is 0. The zero-order valence-electron chi connectivity index (χ0n) is 12.8. The van der Waals surface area contributed by atoms with E-state index in [1.54, 1.807) is 0 Å². The largest absolute Gasteiger partial charge is 0.362 e. The van der Waals surface area contributed by atoms with Crippen molar-refractivity contribution in [1.82, 2.24) is 10.2 Å². The second-order valence-corrected chi connectivity index (χ2v) is 6.80. The number of rotatable bonds is 3. The van der Waals surface area contributed by atoms with Gasteiger partial charge < -0.3 is 10.2 Å². The Morgan fingerprint density at radius 2 is 1.86 bits per heavy atom. The van der Waals surface area contributed by atoms with Gasteiger partial charge in [-0.2, -0.15) is 0 Å². The van der Waals surface area contributed by atoms with E-state index in [2.05, 4.69) is 40.5 Å². The van der Waals surface area contributed by atoms with Gasteiger partial charge in [-0.3, -0.25) is 0 Å². The van der Waals surface area contributed by atoms with Gasteiger partial charge in [-0.1, -0.05) is 43.2 Å². The number of hydrogen-bond acceptors (Lipinski definition) is 1. The fourth-order valence-corrected chi connectivity index (χ4v) is 4.27. The van der Waals surface area contributed by atoms with Crippen molar-refractivity contribution in [3.05, 3.63) is 35.9 Å². The molecule has 1 aromatic carbocycles. The van der Waals surface area contributed by atoms with Crippen LogP contribution in [0.25, 0.3) is 0 Å². The van der Waals surface area contributed by atoms with E-state index in [9.17, 15) is 0 Å². The number of nitrogens with zero attached hydrogens (tertiary/aromatic N) is 1. The van der Waals surface area contributed by atoms with E-state index in [4.69, 9.17) is 12.2 Å². The van der Waals surface area contributed by atoms with Gasteiger partial charge in [0.15, 0.2) is 5.11 Å². The average molecular weight is 302 g/mol. The van der Waals surface area contributed by atoms with Crippen molar-refractivity contribution in [2.24, 2.45) is 5.92 Å². The molecule has 0 amide bonds. The topological polar surface area (TPSA) is 15.3 Å². The number of fused-ring (bicyclic) bond motifs is 1. The summed E-state index contributed by atoms with van der Waals surface area (Å²) in [5, 5.41) is 4.48. The van der Waals surface area contributed by atoms with Crippen LogP contribution in [0.15, 0.2) is 30.3 Å². The maximum Gasteiger partial charge on any atom is 0.169 e. The quantitative estimate of drug-likeness (QED) is 0.856. The first-order chi connectivity index (χ1) is 10.3. The van der Waals surface area contributed by atoms with Crippen LogP contribution in [0, 0.1) is 5.92 Å². The second-order valence-electron chi connectivity index (χ2n) is 6.42. The Hall–Kier alpha value is -1.09. The van der Waals surface area contributed by atoms with Crippen LogP contribution in [0.4, 0.5) is 0 Å². The Bertz CT molecular complexity index is 458. The summed E-state index contributed by atoms with van der Waals surface area (Å²) in [5.41, 5.74) is 1.38. The third kappa shape index (κ3) is 3.76. The molecule has 2 aliphatic rings. The summed E-state index contributed by atoms with van der Waals surface area (Å²) in [7, 11) is 0. The van der Waals surface area contributed by atoms with E-state index >= 15 is 0 Å². The first kappa shape index (κ1) is 14.8. The van der Waals surface area contributed by atoms with Gasteiger partial charge in [0, 0.05) is 19.1 Å². The third-order valence-electron chi connectivity index (χ3n) is 5.04. The van der Waals surface area contributed by atoms with Gasteiger partial charge in [-0.25, -0.2) is 0 Å². The summed E-state index contributed by atoms with van der Waals surface area (Å²) in [6, 6.07) is 11.4. The Morgan fingerprint density at radius 3 is 2.71 bits per heavy atom. The van der Waals surface area contributed by atoms with E-state index in [0.29, 0.717) is 6.04 Å². The van der Waals surface area contributed by atoms with Gasteiger partial charge in [0.25, 0.3) is 0 Å². The molecule has 2 fully saturated rings. The number of benzene rings is 1. The molecule has 1 aliphatic heterocycles. The van der Waals surface area contributed by atoms with Crippen molar-refractivity contribution >= 4 is 17.3 Å². The fourth-order valence-electron chi connectivity index (χ4n) is 3.94. The molecule has 2 nitrogen and oxygen atoms in total. The van der Waals surface area contributed by atoms with E-state index < -0.39 is 0 Å². The minimum absolute atomic E-state index is 0.712. The number of likely N-dealkylation sites (tertiary alicyclic amines) is 1. The molecule has 2 atom stereocenters. The summed E-state index contributed by atoms with van der Waals surface area (Å²) in [6.45, 7) is 2.09. The maximum atomic E-state index is 5.67. The molecule has 1 aliphatic carbocycles. The Balaban J connectivity index is 1.50. The highest BCUT2D eigenvalue weighted by Gasteiger charge is 2.34. The van der Waals surface area contributed by atoms with Crippen molar-refractivity contribution < 1.29 is 0 Å². The highest BCUT2D eigenvalue weighted by atomic mass is 32.1. The van der Waals surface area contributed by atoms with Crippen LogP contribution in [0.1, 0.15) is 44.1 Å². The molecule has 21 heavy (non-hydrogen) atoms. The van der Waals surface area contributed by atoms with E-state index in [1.165, 1.54) is 44.1 Å². The molecule has 0 bridgehead atoms. The average Bonchev–Trinajstić information content (AvgIpc) is 2.55. The fraction of sp³-hybridized carbons (Fsp3) is 0.611. The lowest BCUT2D eigenvalue weighted by atomic mass is 9.78. The monoisotopic (exact) mass is 302 g/mol. The van der Waals surface area contributed by atoms with Gasteiger partial charge in [-0.15, -0.1) is 0 Å². The summed E-state index contributed by atoms with van der Waals surface area (Å²) >= 11 is 5.67. The Morgan fingerprint density at radius 1 is 1.10 bits per heavy atom. The summed E-state index contributed by atoms with van der Waals surface area (Å²) in [6.07, 6.45) is 9.31. The standard InChI is InChI=1S/C18H26N2S/c21-18(19-13-12-15-7-2-1-3-8-15)20-14-6-10-16-9-4-5-11-17(16)20/h1-3,7-8,16-17H,4-6,9-14H2,(H,19,21)/t16-,17-/m0/s1. The predicted molar refractivity (Wildman–Crippen MR) is 92.4 cm³/mol. The highest BCUT2D eigenvalue weighted by Crippen LogP contribution is 2.35. The van der Waals surface area contributed by atoms with Gasteiger partial charge in [0.2, 0.25) is 0 Å². The number of piperidine rings is 1. The van der Waals surface area contributed by atoms with Crippen molar-refractivity contribution in [3.8, 4) is 0 Å². The van der Waals surface area contributed by atoms with Crippen molar-refractivity contribution in [3.63, 3.8) is 0 Å². The highest BCUT2D eigenvalue weighted by molar-refractivity contribution is 7.80. The lowest BCUT2D eigenvalue weighted by Gasteiger charge is -2.45. The molecule has 1 heterocycles. The SMILES string of the molecule is S=C(NCCc1ccccc1)N1CCC[C@@H]2CCCC[C@@H]21. The van der Waals surface area contributed by atoms with Crippen LogP contribution in [0.5, 0.6) is 0 Å². The van der Waals surface area contributed by atoms with E-state index in [-0.39, 0.29) is 0 Å². The number of thiocarbonyl (C=S) groups is 1. The lowest BCUT2D eigenvalue weighted by molar-refractivity contribution is 0.118. The minimum Gasteiger partial charge on any atom is -0.362 e. The number of hydrogen-bond donors (Lipinski definition) is 1. The van der Waals surface area contributed by atoms with Crippen LogP contribution < -0.4 is 5.32 Å². The summed E-state index contributed by atoms with van der Waals surface area (Å²) in [5.74, 6) is 0.890. The van der Waals surface area contributed by atoms with E-state index in [1.807, 2.05) is 0 Å². The first-order valence-electron chi connectivity index (χ1n) is 8.43. The Labute approximate surface area is 133 Å². The predicted octanol–water partition coefficient (Wildman–Crippen LogP) is 3.76. The molecular weight excluding hydrogens is 276 g/mol. The van der Waals surface area contributed by atoms with Crippen LogP contribution in [-0.2, 0) is 6.42 Å². The zero-order valence-corrected chi connectivity index (χ0v) is 13.6. The smallest absolute Gasteiger partial charge is 0.169 e. The van der Waals surface area contributed by atoms with Crippen LogP contribution in [-0.4, -0.2) is 29.1 Å². The van der Waals surface area contributed by atoms with Crippen LogP contribution in [0.2, 0.25) is 0 Å². The first-order valence-corrected chi connectivity index (χ1v) is 8.84. The molecule has 1 N–H and O–H groups in total. The van der Waals surface area contributed by atoms with Gasteiger partial charge in [-0.05, 0) is 55.8 Å². The molecule has 3 rings (SSSR count). The van der Waals surface area contributed by atoms with E-state index in [0.717, 1.165) is 30.5 Å². The Kier molecular flexibility index (Phi) is 5.13.